The lowest BCUT2D eigenvalue weighted by Gasteiger charge is -2.10. The second-order valence-corrected chi connectivity index (χ2v) is 4.03. The minimum atomic E-state index is -0.247. The van der Waals surface area contributed by atoms with Gasteiger partial charge in [-0.1, -0.05) is 19.9 Å². The van der Waals surface area contributed by atoms with Crippen LogP contribution in [0.1, 0.15) is 25.0 Å². The van der Waals surface area contributed by atoms with Gasteiger partial charge in [0.2, 0.25) is 0 Å². The van der Waals surface area contributed by atoms with Gasteiger partial charge in [0.1, 0.15) is 5.82 Å². The molecule has 0 unspecified atom stereocenters. The molecule has 0 radical (unpaired) electrons. The normalized spacial score (nSPS) is 11.0. The Hall–Kier alpha value is -0.930. The van der Waals surface area contributed by atoms with E-state index in [-0.39, 0.29) is 5.82 Å². The molecule has 0 saturated heterocycles. The van der Waals surface area contributed by atoms with Crippen LogP contribution in [0.25, 0.3) is 0 Å². The average molecular weight is 211 g/mol. The van der Waals surface area contributed by atoms with Gasteiger partial charge >= 0.3 is 0 Å². The minimum Gasteiger partial charge on any atom is -0.376 e. The molecule has 2 N–H and O–H groups in total. The third-order valence-electron chi connectivity index (χ3n) is 2.10. The molecule has 0 heterocycles. The van der Waals surface area contributed by atoms with E-state index in [2.05, 4.69) is 13.8 Å². The molecule has 1 rings (SSSR count). The Morgan fingerprint density at radius 2 is 2.07 bits per heavy atom. The maximum Gasteiger partial charge on any atom is 0.123 e. The molecule has 0 aliphatic heterocycles. The Bertz CT molecular complexity index is 312. The summed E-state index contributed by atoms with van der Waals surface area (Å²) in [4.78, 5) is 0. The molecule has 1 aromatic rings. The quantitative estimate of drug-likeness (QED) is 0.812. The van der Waals surface area contributed by atoms with Crippen molar-refractivity contribution in [3.8, 4) is 0 Å². The van der Waals surface area contributed by atoms with Crippen LogP contribution in [0.2, 0.25) is 0 Å². The summed E-state index contributed by atoms with van der Waals surface area (Å²) >= 11 is 0. The fraction of sp³-hybridized carbons (Fsp3) is 0.500. The molecule has 0 saturated carbocycles. The van der Waals surface area contributed by atoms with Crippen LogP contribution < -0.4 is 5.73 Å². The Morgan fingerprint density at radius 1 is 1.33 bits per heavy atom. The van der Waals surface area contributed by atoms with Gasteiger partial charge in [0.15, 0.2) is 0 Å². The third kappa shape index (κ3) is 3.98. The number of ether oxygens (including phenoxy) is 1. The summed E-state index contributed by atoms with van der Waals surface area (Å²) in [5, 5.41) is 0. The summed E-state index contributed by atoms with van der Waals surface area (Å²) in [6, 6.07) is 4.64. The number of benzene rings is 1. The Balaban J connectivity index is 2.60. The molecule has 0 fully saturated rings. The van der Waals surface area contributed by atoms with E-state index < -0.39 is 0 Å². The molecule has 0 aliphatic rings. The van der Waals surface area contributed by atoms with Gasteiger partial charge in [-0.15, -0.1) is 0 Å². The fourth-order valence-corrected chi connectivity index (χ4v) is 1.33. The van der Waals surface area contributed by atoms with Gasteiger partial charge in [0.25, 0.3) is 0 Å². The van der Waals surface area contributed by atoms with Gasteiger partial charge in [0.05, 0.1) is 6.61 Å². The van der Waals surface area contributed by atoms with Crippen LogP contribution in [0.5, 0.6) is 0 Å². The van der Waals surface area contributed by atoms with Gasteiger partial charge in [-0.3, -0.25) is 0 Å². The highest BCUT2D eigenvalue weighted by Crippen LogP contribution is 2.12. The van der Waals surface area contributed by atoms with Crippen LogP contribution in [0.3, 0.4) is 0 Å². The summed E-state index contributed by atoms with van der Waals surface area (Å²) in [6.45, 7) is 5.74. The Morgan fingerprint density at radius 3 is 2.67 bits per heavy atom. The standard InChI is InChI=1S/C12H18FNO/c1-9(2)7-15-8-10-3-4-12(13)5-11(10)6-14/h3-5,9H,6-8,14H2,1-2H3. The van der Waals surface area contributed by atoms with E-state index >= 15 is 0 Å². The van der Waals surface area contributed by atoms with E-state index in [1.54, 1.807) is 6.07 Å². The van der Waals surface area contributed by atoms with Crippen LogP contribution in [-0.2, 0) is 17.9 Å². The summed E-state index contributed by atoms with van der Waals surface area (Å²) in [7, 11) is 0. The summed E-state index contributed by atoms with van der Waals surface area (Å²) in [6.07, 6.45) is 0. The zero-order valence-electron chi connectivity index (χ0n) is 9.29. The maximum absolute atomic E-state index is 12.9. The highest BCUT2D eigenvalue weighted by molar-refractivity contribution is 5.27. The van der Waals surface area contributed by atoms with Gasteiger partial charge in [0, 0.05) is 13.2 Å². The number of hydrogen-bond donors (Lipinski definition) is 1. The second kappa shape index (κ2) is 5.83. The fourth-order valence-electron chi connectivity index (χ4n) is 1.33. The van der Waals surface area contributed by atoms with Crippen molar-refractivity contribution in [3.05, 3.63) is 35.1 Å². The monoisotopic (exact) mass is 211 g/mol. The molecule has 84 valence electrons. The second-order valence-electron chi connectivity index (χ2n) is 4.03. The lowest BCUT2D eigenvalue weighted by atomic mass is 10.1. The van der Waals surface area contributed by atoms with E-state index in [9.17, 15) is 4.39 Å². The minimum absolute atomic E-state index is 0.247. The van der Waals surface area contributed by atoms with Crippen LogP contribution >= 0.6 is 0 Å². The molecular weight excluding hydrogens is 193 g/mol. The SMILES string of the molecule is CC(C)COCc1ccc(F)cc1CN. The maximum atomic E-state index is 12.9. The number of rotatable bonds is 5. The molecule has 0 aromatic heterocycles. The van der Waals surface area contributed by atoms with Crippen LogP contribution in [-0.4, -0.2) is 6.61 Å². The van der Waals surface area contributed by atoms with E-state index in [0.717, 1.165) is 11.1 Å². The highest BCUT2D eigenvalue weighted by Gasteiger charge is 2.03. The average Bonchev–Trinajstić information content (AvgIpc) is 2.19. The first kappa shape index (κ1) is 12.1. The van der Waals surface area contributed by atoms with Crippen molar-refractivity contribution in [3.63, 3.8) is 0 Å². The lowest BCUT2D eigenvalue weighted by molar-refractivity contribution is 0.0965. The van der Waals surface area contributed by atoms with Gasteiger partial charge in [-0.2, -0.15) is 0 Å². The molecule has 15 heavy (non-hydrogen) atoms. The van der Waals surface area contributed by atoms with Crippen LogP contribution in [0, 0.1) is 11.7 Å². The van der Waals surface area contributed by atoms with Crippen molar-refractivity contribution in [1.29, 1.82) is 0 Å². The predicted octanol–water partition coefficient (Wildman–Crippen LogP) is 2.46. The van der Waals surface area contributed by atoms with Crippen molar-refractivity contribution in [2.75, 3.05) is 6.61 Å². The summed E-state index contributed by atoms with van der Waals surface area (Å²) in [5.74, 6) is 0.259. The number of hydrogen-bond acceptors (Lipinski definition) is 2. The van der Waals surface area contributed by atoms with Gasteiger partial charge in [-0.25, -0.2) is 4.39 Å². The van der Waals surface area contributed by atoms with E-state index in [4.69, 9.17) is 10.5 Å². The van der Waals surface area contributed by atoms with Gasteiger partial charge < -0.3 is 10.5 Å². The van der Waals surface area contributed by atoms with Crippen molar-refractivity contribution in [2.45, 2.75) is 27.0 Å². The van der Waals surface area contributed by atoms with Crippen molar-refractivity contribution >= 4 is 0 Å². The molecular formula is C12H18FNO. The topological polar surface area (TPSA) is 35.2 Å². The smallest absolute Gasteiger partial charge is 0.123 e. The number of nitrogens with two attached hydrogens (primary N) is 1. The zero-order chi connectivity index (χ0) is 11.3. The molecule has 3 heteroatoms. The summed E-state index contributed by atoms with van der Waals surface area (Å²) < 4.78 is 18.4. The molecule has 0 amide bonds. The first-order chi connectivity index (χ1) is 7.13. The molecule has 1 aromatic carbocycles. The first-order valence-corrected chi connectivity index (χ1v) is 5.18. The molecule has 0 bridgehead atoms. The van der Waals surface area contributed by atoms with Gasteiger partial charge in [-0.05, 0) is 29.2 Å². The third-order valence-corrected chi connectivity index (χ3v) is 2.10. The molecule has 2 nitrogen and oxygen atoms in total. The van der Waals surface area contributed by atoms with Crippen LogP contribution in [0.15, 0.2) is 18.2 Å². The Kier molecular flexibility index (Phi) is 4.72. The Labute approximate surface area is 90.2 Å². The summed E-state index contributed by atoms with van der Waals surface area (Å²) in [5.41, 5.74) is 7.32. The van der Waals surface area contributed by atoms with E-state index in [1.165, 1.54) is 12.1 Å². The highest BCUT2D eigenvalue weighted by atomic mass is 19.1. The number of halogens is 1. The predicted molar refractivity (Wildman–Crippen MR) is 58.8 cm³/mol. The largest absolute Gasteiger partial charge is 0.376 e. The van der Waals surface area contributed by atoms with Crippen molar-refractivity contribution in [2.24, 2.45) is 11.7 Å². The lowest BCUT2D eigenvalue weighted by Crippen LogP contribution is -2.06. The zero-order valence-corrected chi connectivity index (χ0v) is 9.29. The van der Waals surface area contributed by atoms with E-state index in [1.807, 2.05) is 0 Å². The van der Waals surface area contributed by atoms with E-state index in [0.29, 0.717) is 25.7 Å². The van der Waals surface area contributed by atoms with Crippen molar-refractivity contribution in [1.82, 2.24) is 0 Å². The molecule has 0 spiro atoms. The van der Waals surface area contributed by atoms with Crippen LogP contribution in [0.4, 0.5) is 4.39 Å². The molecule has 0 atom stereocenters. The molecule has 0 aliphatic carbocycles. The van der Waals surface area contributed by atoms with Crippen molar-refractivity contribution < 1.29 is 9.13 Å². The first-order valence-electron chi connectivity index (χ1n) is 5.18.